The summed E-state index contributed by atoms with van der Waals surface area (Å²) in [5.41, 5.74) is 7.06. The van der Waals surface area contributed by atoms with Crippen LogP contribution in [0.5, 0.6) is 0 Å². The van der Waals surface area contributed by atoms with Crippen LogP contribution in [0.1, 0.15) is 43.7 Å². The van der Waals surface area contributed by atoms with Crippen molar-refractivity contribution in [3.8, 4) is 0 Å². The molecule has 0 aromatic heterocycles. The second-order valence-corrected chi connectivity index (χ2v) is 6.47. The summed E-state index contributed by atoms with van der Waals surface area (Å²) in [4.78, 5) is 2.54. The van der Waals surface area contributed by atoms with Crippen LogP contribution in [0.4, 0.5) is 4.39 Å². The van der Waals surface area contributed by atoms with Gasteiger partial charge in [0.05, 0.1) is 5.02 Å². The van der Waals surface area contributed by atoms with Crippen LogP contribution >= 0.6 is 11.6 Å². The standard InChI is InChI=1S/C16H22ClFN2/c17-13-9-12(5-6-14(13)18)16(10-19)20-8-7-11-3-1-2-4-15(11)20/h5-6,9,11,15-16H,1-4,7-8,10,19H2. The van der Waals surface area contributed by atoms with Crippen molar-refractivity contribution < 1.29 is 4.39 Å². The molecular weight excluding hydrogens is 275 g/mol. The van der Waals surface area contributed by atoms with Crippen LogP contribution < -0.4 is 5.73 Å². The van der Waals surface area contributed by atoms with E-state index in [-0.39, 0.29) is 16.9 Å². The molecule has 1 aliphatic carbocycles. The minimum atomic E-state index is -0.358. The molecule has 1 aliphatic heterocycles. The number of hydrogen-bond donors (Lipinski definition) is 1. The highest BCUT2D eigenvalue weighted by atomic mass is 35.5. The topological polar surface area (TPSA) is 29.3 Å². The normalized spacial score (nSPS) is 28.4. The number of nitrogens with two attached hydrogens (primary N) is 1. The van der Waals surface area contributed by atoms with Gasteiger partial charge in [-0.05, 0) is 49.4 Å². The van der Waals surface area contributed by atoms with E-state index in [1.807, 2.05) is 6.07 Å². The largest absolute Gasteiger partial charge is 0.329 e. The number of fused-ring (bicyclic) bond motifs is 1. The molecule has 1 saturated heterocycles. The first-order chi connectivity index (χ1) is 9.70. The fourth-order valence-corrected chi connectivity index (χ4v) is 4.20. The van der Waals surface area contributed by atoms with Gasteiger partial charge in [0.1, 0.15) is 5.82 Å². The fraction of sp³-hybridized carbons (Fsp3) is 0.625. The van der Waals surface area contributed by atoms with E-state index in [1.54, 1.807) is 6.07 Å². The van der Waals surface area contributed by atoms with Crippen LogP contribution in [0.3, 0.4) is 0 Å². The van der Waals surface area contributed by atoms with Crippen molar-refractivity contribution in [2.45, 2.75) is 44.2 Å². The second-order valence-electron chi connectivity index (χ2n) is 6.06. The molecule has 0 radical (unpaired) electrons. The number of likely N-dealkylation sites (tertiary alicyclic amines) is 1. The van der Waals surface area contributed by atoms with E-state index in [9.17, 15) is 4.39 Å². The molecular formula is C16H22ClFN2. The van der Waals surface area contributed by atoms with E-state index in [0.29, 0.717) is 12.6 Å². The number of nitrogens with zero attached hydrogens (tertiary/aromatic N) is 1. The minimum absolute atomic E-state index is 0.168. The molecule has 110 valence electrons. The van der Waals surface area contributed by atoms with E-state index in [2.05, 4.69) is 4.90 Å². The lowest BCUT2D eigenvalue weighted by Gasteiger charge is -2.37. The van der Waals surface area contributed by atoms with Crippen molar-refractivity contribution in [1.82, 2.24) is 4.90 Å². The molecule has 3 atom stereocenters. The van der Waals surface area contributed by atoms with Gasteiger partial charge in [-0.3, -0.25) is 4.90 Å². The van der Waals surface area contributed by atoms with E-state index in [4.69, 9.17) is 17.3 Å². The molecule has 2 nitrogen and oxygen atoms in total. The Balaban J connectivity index is 1.84. The lowest BCUT2D eigenvalue weighted by molar-refractivity contribution is 0.135. The smallest absolute Gasteiger partial charge is 0.141 e. The summed E-state index contributed by atoms with van der Waals surface area (Å²) in [6, 6.07) is 5.84. The van der Waals surface area contributed by atoms with E-state index >= 15 is 0 Å². The molecule has 1 heterocycles. The van der Waals surface area contributed by atoms with E-state index < -0.39 is 0 Å². The van der Waals surface area contributed by atoms with Gasteiger partial charge in [0, 0.05) is 18.6 Å². The maximum Gasteiger partial charge on any atom is 0.141 e. The minimum Gasteiger partial charge on any atom is -0.329 e. The third kappa shape index (κ3) is 2.59. The third-order valence-corrected chi connectivity index (χ3v) is 5.29. The zero-order valence-electron chi connectivity index (χ0n) is 11.7. The average molecular weight is 297 g/mol. The van der Waals surface area contributed by atoms with Gasteiger partial charge in [-0.15, -0.1) is 0 Å². The predicted molar refractivity (Wildman–Crippen MR) is 80.3 cm³/mol. The van der Waals surface area contributed by atoms with E-state index in [0.717, 1.165) is 18.0 Å². The van der Waals surface area contributed by atoms with Crippen molar-refractivity contribution in [3.63, 3.8) is 0 Å². The Kier molecular flexibility index (Phi) is 4.29. The maximum absolute atomic E-state index is 13.3. The highest BCUT2D eigenvalue weighted by molar-refractivity contribution is 6.30. The van der Waals surface area contributed by atoms with Gasteiger partial charge in [-0.25, -0.2) is 4.39 Å². The number of rotatable bonds is 3. The lowest BCUT2D eigenvalue weighted by atomic mass is 9.84. The SMILES string of the molecule is NCC(c1ccc(F)c(Cl)c1)N1CCC2CCCCC21. The van der Waals surface area contributed by atoms with Crippen LogP contribution in [-0.2, 0) is 0 Å². The summed E-state index contributed by atoms with van der Waals surface area (Å²) in [6.07, 6.45) is 6.58. The summed E-state index contributed by atoms with van der Waals surface area (Å²) in [7, 11) is 0. The van der Waals surface area contributed by atoms with Crippen LogP contribution in [0.2, 0.25) is 5.02 Å². The third-order valence-electron chi connectivity index (χ3n) is 5.01. The summed E-state index contributed by atoms with van der Waals surface area (Å²) >= 11 is 5.92. The average Bonchev–Trinajstić information content (AvgIpc) is 2.88. The highest BCUT2D eigenvalue weighted by Crippen LogP contribution is 2.40. The Bertz CT molecular complexity index is 480. The summed E-state index contributed by atoms with van der Waals surface area (Å²) in [5.74, 6) is 0.469. The summed E-state index contributed by atoms with van der Waals surface area (Å²) < 4.78 is 13.3. The first kappa shape index (κ1) is 14.3. The van der Waals surface area contributed by atoms with Crippen LogP contribution in [0.15, 0.2) is 18.2 Å². The Morgan fingerprint density at radius 1 is 1.30 bits per heavy atom. The molecule has 0 amide bonds. The Morgan fingerprint density at radius 3 is 2.85 bits per heavy atom. The molecule has 2 fully saturated rings. The number of halogens is 2. The summed E-state index contributed by atoms with van der Waals surface area (Å²) in [5, 5.41) is 0.195. The van der Waals surface area contributed by atoms with Crippen molar-refractivity contribution in [1.29, 1.82) is 0 Å². The molecule has 3 unspecified atom stereocenters. The van der Waals surface area contributed by atoms with Gasteiger partial charge >= 0.3 is 0 Å². The molecule has 2 N–H and O–H groups in total. The van der Waals surface area contributed by atoms with Crippen LogP contribution in [-0.4, -0.2) is 24.0 Å². The molecule has 0 bridgehead atoms. The lowest BCUT2D eigenvalue weighted by Crippen LogP contribution is -2.40. The Morgan fingerprint density at radius 2 is 2.10 bits per heavy atom. The fourth-order valence-electron chi connectivity index (χ4n) is 4.01. The first-order valence-electron chi connectivity index (χ1n) is 7.61. The van der Waals surface area contributed by atoms with Crippen molar-refractivity contribution >= 4 is 11.6 Å². The highest BCUT2D eigenvalue weighted by Gasteiger charge is 2.39. The molecule has 1 saturated carbocycles. The zero-order chi connectivity index (χ0) is 14.1. The van der Waals surface area contributed by atoms with Crippen LogP contribution in [0, 0.1) is 11.7 Å². The molecule has 20 heavy (non-hydrogen) atoms. The molecule has 0 spiro atoms. The van der Waals surface area contributed by atoms with Crippen LogP contribution in [0.25, 0.3) is 0 Å². The Hall–Kier alpha value is -0.640. The molecule has 4 heteroatoms. The summed E-state index contributed by atoms with van der Waals surface area (Å²) in [6.45, 7) is 1.66. The quantitative estimate of drug-likeness (QED) is 0.920. The predicted octanol–water partition coefficient (Wildman–Crippen LogP) is 3.74. The Labute approximate surface area is 125 Å². The van der Waals surface area contributed by atoms with Gasteiger partial charge in [0.2, 0.25) is 0 Å². The first-order valence-corrected chi connectivity index (χ1v) is 7.99. The van der Waals surface area contributed by atoms with Gasteiger partial charge in [0.15, 0.2) is 0 Å². The second kappa shape index (κ2) is 6.00. The number of hydrogen-bond acceptors (Lipinski definition) is 2. The molecule has 2 aliphatic rings. The van der Waals surface area contributed by atoms with Gasteiger partial charge < -0.3 is 5.73 Å². The molecule has 1 aromatic rings. The van der Waals surface area contributed by atoms with Crippen molar-refractivity contribution in [2.75, 3.05) is 13.1 Å². The molecule has 1 aromatic carbocycles. The van der Waals surface area contributed by atoms with Crippen molar-refractivity contribution in [2.24, 2.45) is 11.7 Å². The monoisotopic (exact) mass is 296 g/mol. The van der Waals surface area contributed by atoms with Gasteiger partial charge in [-0.2, -0.15) is 0 Å². The zero-order valence-corrected chi connectivity index (χ0v) is 12.5. The number of benzene rings is 1. The van der Waals surface area contributed by atoms with E-state index in [1.165, 1.54) is 38.2 Å². The van der Waals surface area contributed by atoms with Crippen molar-refractivity contribution in [3.05, 3.63) is 34.6 Å². The maximum atomic E-state index is 13.3. The van der Waals surface area contributed by atoms with Gasteiger partial charge in [-0.1, -0.05) is 30.5 Å². The molecule has 3 rings (SSSR count). The van der Waals surface area contributed by atoms with Gasteiger partial charge in [0.25, 0.3) is 0 Å².